The maximum absolute atomic E-state index is 4.43. The molecule has 3 aromatic rings. The molecule has 1 aromatic carbocycles. The lowest BCUT2D eigenvalue weighted by Gasteiger charge is -2.07. The molecule has 2 aromatic heterocycles. The van der Waals surface area contributed by atoms with Crippen molar-refractivity contribution in [1.29, 1.82) is 0 Å². The zero-order valence-corrected chi connectivity index (χ0v) is 11.6. The number of benzene rings is 1. The van der Waals surface area contributed by atoms with Crippen molar-refractivity contribution < 1.29 is 0 Å². The van der Waals surface area contributed by atoms with Gasteiger partial charge < -0.3 is 5.32 Å². The van der Waals surface area contributed by atoms with E-state index < -0.39 is 0 Å². The van der Waals surface area contributed by atoms with E-state index >= 15 is 0 Å². The second-order valence-electron chi connectivity index (χ2n) is 4.79. The predicted molar refractivity (Wildman–Crippen MR) is 80.9 cm³/mol. The Labute approximate surface area is 118 Å². The first-order valence-corrected chi connectivity index (χ1v) is 6.96. The summed E-state index contributed by atoms with van der Waals surface area (Å²) in [6, 6.07) is 12.3. The number of hydrogen-bond acceptors (Lipinski definition) is 3. The molecule has 0 saturated carbocycles. The molecule has 0 aliphatic rings. The maximum atomic E-state index is 4.43. The van der Waals surface area contributed by atoms with E-state index in [1.165, 1.54) is 0 Å². The van der Waals surface area contributed by atoms with Crippen molar-refractivity contribution in [3.05, 3.63) is 54.6 Å². The summed E-state index contributed by atoms with van der Waals surface area (Å²) in [5.74, 6) is 0. The average molecular weight is 266 g/mol. The molecule has 0 amide bonds. The summed E-state index contributed by atoms with van der Waals surface area (Å²) >= 11 is 0. The van der Waals surface area contributed by atoms with Crippen LogP contribution in [0.5, 0.6) is 0 Å². The standard InChI is InChI=1S/C16H18N4/c1-2-8-17-11-13-10-14(7-9-18-13)20-12-19-15-5-3-4-6-16(15)20/h3-7,9-10,12,17H,2,8,11H2,1H3. The van der Waals surface area contributed by atoms with Crippen molar-refractivity contribution in [2.24, 2.45) is 0 Å². The van der Waals surface area contributed by atoms with Crippen LogP contribution < -0.4 is 5.32 Å². The van der Waals surface area contributed by atoms with Crippen LogP contribution in [0.4, 0.5) is 0 Å². The zero-order valence-electron chi connectivity index (χ0n) is 11.6. The number of aromatic nitrogens is 3. The summed E-state index contributed by atoms with van der Waals surface area (Å²) in [4.78, 5) is 8.83. The molecule has 0 bridgehead atoms. The summed E-state index contributed by atoms with van der Waals surface area (Å²) in [5.41, 5.74) is 4.27. The molecule has 0 aliphatic carbocycles. The number of hydrogen-bond donors (Lipinski definition) is 1. The highest BCUT2D eigenvalue weighted by molar-refractivity contribution is 5.77. The zero-order chi connectivity index (χ0) is 13.8. The van der Waals surface area contributed by atoms with Crippen LogP contribution in [0.3, 0.4) is 0 Å². The highest BCUT2D eigenvalue weighted by Crippen LogP contribution is 2.17. The smallest absolute Gasteiger partial charge is 0.100 e. The molecular formula is C16H18N4. The van der Waals surface area contributed by atoms with Gasteiger partial charge in [0.2, 0.25) is 0 Å². The second-order valence-corrected chi connectivity index (χ2v) is 4.79. The Kier molecular flexibility index (Phi) is 3.74. The summed E-state index contributed by atoms with van der Waals surface area (Å²) in [6.45, 7) is 3.97. The molecular weight excluding hydrogens is 248 g/mol. The Balaban J connectivity index is 1.92. The van der Waals surface area contributed by atoms with E-state index in [0.29, 0.717) is 0 Å². The number of rotatable bonds is 5. The van der Waals surface area contributed by atoms with Crippen molar-refractivity contribution in [1.82, 2.24) is 19.9 Å². The van der Waals surface area contributed by atoms with Crippen LogP contribution in [0, 0.1) is 0 Å². The molecule has 4 nitrogen and oxygen atoms in total. The molecule has 2 heterocycles. The van der Waals surface area contributed by atoms with E-state index in [4.69, 9.17) is 0 Å². The van der Waals surface area contributed by atoms with Gasteiger partial charge in [0.05, 0.1) is 22.4 Å². The van der Waals surface area contributed by atoms with Gasteiger partial charge in [0, 0.05) is 12.7 Å². The van der Waals surface area contributed by atoms with Gasteiger partial charge in [-0.25, -0.2) is 4.98 Å². The first-order valence-electron chi connectivity index (χ1n) is 6.96. The van der Waals surface area contributed by atoms with Crippen molar-refractivity contribution in [3.63, 3.8) is 0 Å². The van der Waals surface area contributed by atoms with Gasteiger partial charge in [0.1, 0.15) is 6.33 Å². The van der Waals surface area contributed by atoms with Gasteiger partial charge in [0.25, 0.3) is 0 Å². The molecule has 0 radical (unpaired) electrons. The SMILES string of the molecule is CCCNCc1cc(-n2cnc3ccccc32)ccn1. The molecule has 1 N–H and O–H groups in total. The van der Waals surface area contributed by atoms with Crippen LogP contribution in [0.1, 0.15) is 19.0 Å². The topological polar surface area (TPSA) is 42.7 Å². The molecule has 20 heavy (non-hydrogen) atoms. The summed E-state index contributed by atoms with van der Waals surface area (Å²) in [5, 5.41) is 3.37. The Morgan fingerprint density at radius 3 is 2.95 bits per heavy atom. The first-order chi connectivity index (χ1) is 9.88. The average Bonchev–Trinajstić information content (AvgIpc) is 2.92. The summed E-state index contributed by atoms with van der Waals surface area (Å²) in [7, 11) is 0. The Morgan fingerprint density at radius 2 is 2.05 bits per heavy atom. The van der Waals surface area contributed by atoms with Gasteiger partial charge in [-0.3, -0.25) is 9.55 Å². The number of pyridine rings is 1. The fraction of sp³-hybridized carbons (Fsp3) is 0.250. The van der Waals surface area contributed by atoms with Crippen molar-refractivity contribution in [2.45, 2.75) is 19.9 Å². The van der Waals surface area contributed by atoms with E-state index in [2.05, 4.69) is 38.9 Å². The van der Waals surface area contributed by atoms with E-state index in [1.54, 1.807) is 0 Å². The van der Waals surface area contributed by atoms with Gasteiger partial charge in [-0.1, -0.05) is 19.1 Å². The molecule has 0 saturated heterocycles. The van der Waals surface area contributed by atoms with E-state index in [1.807, 2.05) is 36.8 Å². The van der Waals surface area contributed by atoms with Crippen molar-refractivity contribution >= 4 is 11.0 Å². The Morgan fingerprint density at radius 1 is 1.15 bits per heavy atom. The third-order valence-electron chi connectivity index (χ3n) is 3.26. The third kappa shape index (κ3) is 2.56. The third-order valence-corrected chi connectivity index (χ3v) is 3.26. The minimum atomic E-state index is 0.800. The van der Waals surface area contributed by atoms with Crippen LogP contribution in [-0.4, -0.2) is 21.1 Å². The quantitative estimate of drug-likeness (QED) is 0.722. The highest BCUT2D eigenvalue weighted by Gasteiger charge is 2.04. The minimum Gasteiger partial charge on any atom is -0.311 e. The van der Waals surface area contributed by atoms with Gasteiger partial charge in [-0.15, -0.1) is 0 Å². The van der Waals surface area contributed by atoms with E-state index in [-0.39, 0.29) is 0 Å². The molecule has 0 fully saturated rings. The molecule has 102 valence electrons. The van der Waals surface area contributed by atoms with Crippen LogP contribution >= 0.6 is 0 Å². The van der Waals surface area contributed by atoms with E-state index in [9.17, 15) is 0 Å². The summed E-state index contributed by atoms with van der Waals surface area (Å²) < 4.78 is 2.10. The van der Waals surface area contributed by atoms with Gasteiger partial charge in [0.15, 0.2) is 0 Å². The maximum Gasteiger partial charge on any atom is 0.100 e. The van der Waals surface area contributed by atoms with E-state index in [0.717, 1.165) is 41.9 Å². The van der Waals surface area contributed by atoms with Gasteiger partial charge in [-0.2, -0.15) is 0 Å². The normalized spacial score (nSPS) is 11.1. The number of fused-ring (bicyclic) bond motifs is 1. The molecule has 0 aliphatic heterocycles. The predicted octanol–water partition coefficient (Wildman–Crippen LogP) is 2.92. The van der Waals surface area contributed by atoms with Crippen molar-refractivity contribution in [3.8, 4) is 5.69 Å². The lowest BCUT2D eigenvalue weighted by atomic mass is 10.2. The number of nitrogens with zero attached hydrogens (tertiary/aromatic N) is 3. The molecule has 3 rings (SSSR count). The van der Waals surface area contributed by atoms with Crippen LogP contribution in [-0.2, 0) is 6.54 Å². The minimum absolute atomic E-state index is 0.800. The van der Waals surface area contributed by atoms with Crippen LogP contribution in [0.2, 0.25) is 0 Å². The molecule has 0 atom stereocenters. The lowest BCUT2D eigenvalue weighted by molar-refractivity contribution is 0.664. The van der Waals surface area contributed by atoms with Gasteiger partial charge in [-0.05, 0) is 37.2 Å². The molecule has 0 spiro atoms. The Bertz CT molecular complexity index is 702. The largest absolute Gasteiger partial charge is 0.311 e. The second kappa shape index (κ2) is 5.84. The summed E-state index contributed by atoms with van der Waals surface area (Å²) in [6.07, 6.45) is 4.85. The monoisotopic (exact) mass is 266 g/mol. The van der Waals surface area contributed by atoms with Crippen LogP contribution in [0.15, 0.2) is 48.9 Å². The Hall–Kier alpha value is -2.20. The first kappa shape index (κ1) is 12.8. The molecule has 4 heteroatoms. The fourth-order valence-corrected chi connectivity index (χ4v) is 2.27. The highest BCUT2D eigenvalue weighted by atomic mass is 15.0. The van der Waals surface area contributed by atoms with Crippen molar-refractivity contribution in [2.75, 3.05) is 6.54 Å². The van der Waals surface area contributed by atoms with Crippen LogP contribution in [0.25, 0.3) is 16.7 Å². The number of imidazole rings is 1. The number of nitrogens with one attached hydrogen (secondary N) is 1. The molecule has 0 unspecified atom stereocenters. The van der Waals surface area contributed by atoms with Gasteiger partial charge >= 0.3 is 0 Å². The fourth-order valence-electron chi connectivity index (χ4n) is 2.27. The number of para-hydroxylation sites is 2. The lowest BCUT2D eigenvalue weighted by Crippen LogP contribution is -2.14.